The van der Waals surface area contributed by atoms with Gasteiger partial charge in [0, 0.05) is 36.3 Å². The smallest absolute Gasteiger partial charge is 0.223 e. The molecular weight excluding hydrogens is 362 g/mol. The number of para-hydroxylation sites is 1. The van der Waals surface area contributed by atoms with Crippen molar-refractivity contribution in [3.05, 3.63) is 39.6 Å². The molecule has 4 heterocycles. The molecule has 1 aliphatic rings. The molecule has 0 bridgehead atoms. The van der Waals surface area contributed by atoms with Crippen LogP contribution >= 0.6 is 11.3 Å². The number of nitrogens with two attached hydrogens (primary N) is 1. The third-order valence-electron chi connectivity index (χ3n) is 4.83. The number of fused-ring (bicyclic) bond motifs is 4. The van der Waals surface area contributed by atoms with Gasteiger partial charge in [-0.15, -0.1) is 16.4 Å². The number of aromatic nitrogens is 5. The quantitative estimate of drug-likeness (QED) is 0.579. The van der Waals surface area contributed by atoms with E-state index in [1.54, 1.807) is 23.0 Å². The molecule has 5 rings (SSSR count). The summed E-state index contributed by atoms with van der Waals surface area (Å²) in [4.78, 5) is 17.5. The van der Waals surface area contributed by atoms with Crippen LogP contribution in [0, 0.1) is 6.92 Å². The van der Waals surface area contributed by atoms with Gasteiger partial charge in [-0.05, 0) is 19.1 Å². The van der Waals surface area contributed by atoms with E-state index in [-0.39, 0.29) is 0 Å². The van der Waals surface area contributed by atoms with Crippen molar-refractivity contribution < 1.29 is 4.74 Å². The minimum atomic E-state index is 0.309. The molecule has 0 saturated heterocycles. The first-order valence-corrected chi connectivity index (χ1v) is 9.59. The van der Waals surface area contributed by atoms with E-state index in [1.807, 2.05) is 18.2 Å². The fourth-order valence-corrected chi connectivity index (χ4v) is 4.57. The van der Waals surface area contributed by atoms with Crippen molar-refractivity contribution in [2.75, 3.05) is 19.4 Å². The zero-order valence-electron chi connectivity index (χ0n) is 15.1. The predicted octanol–water partition coefficient (Wildman–Crippen LogP) is 2.19. The Balaban J connectivity index is 1.42. The highest BCUT2D eigenvalue weighted by atomic mass is 32.1. The third-order valence-corrected chi connectivity index (χ3v) is 5.83. The zero-order chi connectivity index (χ0) is 18.5. The number of benzene rings is 1. The van der Waals surface area contributed by atoms with E-state index >= 15 is 0 Å². The second-order valence-electron chi connectivity index (χ2n) is 6.65. The minimum absolute atomic E-state index is 0.309. The Bertz CT molecular complexity index is 1140. The highest BCUT2D eigenvalue weighted by Crippen LogP contribution is 2.29. The van der Waals surface area contributed by atoms with Crippen molar-refractivity contribution in [3.8, 4) is 5.75 Å². The second kappa shape index (κ2) is 6.14. The molecule has 9 heteroatoms. The molecular formula is C18H19N7OS. The molecule has 0 unspecified atom stereocenters. The summed E-state index contributed by atoms with van der Waals surface area (Å²) in [7, 11) is 1.62. The number of rotatable bonds is 4. The van der Waals surface area contributed by atoms with Gasteiger partial charge in [-0.1, -0.05) is 6.07 Å². The maximum absolute atomic E-state index is 6.11. The highest BCUT2D eigenvalue weighted by Gasteiger charge is 2.23. The fourth-order valence-electron chi connectivity index (χ4n) is 3.59. The van der Waals surface area contributed by atoms with Gasteiger partial charge in [0.15, 0.2) is 11.5 Å². The monoisotopic (exact) mass is 381 g/mol. The fraction of sp³-hybridized carbons (Fsp3) is 0.333. The van der Waals surface area contributed by atoms with Gasteiger partial charge >= 0.3 is 0 Å². The van der Waals surface area contributed by atoms with E-state index in [4.69, 9.17) is 15.5 Å². The van der Waals surface area contributed by atoms with Gasteiger partial charge in [-0.25, -0.2) is 15.0 Å². The van der Waals surface area contributed by atoms with Gasteiger partial charge < -0.3 is 10.5 Å². The van der Waals surface area contributed by atoms with Crippen molar-refractivity contribution in [1.82, 2.24) is 29.5 Å². The van der Waals surface area contributed by atoms with Gasteiger partial charge in [0.1, 0.15) is 11.3 Å². The van der Waals surface area contributed by atoms with Crippen LogP contribution in [0.5, 0.6) is 5.75 Å². The van der Waals surface area contributed by atoms with Crippen LogP contribution in [0.4, 0.5) is 5.95 Å². The van der Waals surface area contributed by atoms with Crippen LogP contribution in [-0.4, -0.2) is 43.1 Å². The lowest BCUT2D eigenvalue weighted by Crippen LogP contribution is -2.20. The van der Waals surface area contributed by atoms with E-state index in [1.165, 1.54) is 10.6 Å². The minimum Gasteiger partial charge on any atom is -0.494 e. The molecule has 0 aliphatic carbocycles. The molecule has 1 aromatic carbocycles. The molecule has 4 aromatic rings. The summed E-state index contributed by atoms with van der Waals surface area (Å²) < 4.78 is 7.01. The van der Waals surface area contributed by atoms with Crippen molar-refractivity contribution >= 4 is 33.8 Å². The number of ether oxygens (including phenoxy) is 1. The van der Waals surface area contributed by atoms with Gasteiger partial charge in [0.25, 0.3) is 0 Å². The van der Waals surface area contributed by atoms with E-state index < -0.39 is 0 Å². The van der Waals surface area contributed by atoms with E-state index in [9.17, 15) is 0 Å². The topological polar surface area (TPSA) is 94.5 Å². The molecule has 0 spiro atoms. The lowest BCUT2D eigenvalue weighted by molar-refractivity contribution is 0.285. The molecule has 0 amide bonds. The van der Waals surface area contributed by atoms with Crippen LogP contribution in [0.1, 0.15) is 21.4 Å². The van der Waals surface area contributed by atoms with Crippen LogP contribution in [0.3, 0.4) is 0 Å². The van der Waals surface area contributed by atoms with Gasteiger partial charge in [-0.3, -0.25) is 4.90 Å². The third kappa shape index (κ3) is 2.70. The Kier molecular flexibility index (Phi) is 3.73. The number of aryl methyl sites for hydroxylation is 1. The maximum Gasteiger partial charge on any atom is 0.223 e. The summed E-state index contributed by atoms with van der Waals surface area (Å²) in [6.07, 6.45) is 0.751. The lowest BCUT2D eigenvalue weighted by atomic mass is 10.2. The average Bonchev–Trinajstić information content (AvgIpc) is 3.32. The molecule has 2 N–H and O–H groups in total. The molecule has 0 radical (unpaired) electrons. The summed E-state index contributed by atoms with van der Waals surface area (Å²) in [5, 5.41) is 6.59. The number of hydrogen-bond donors (Lipinski definition) is 1. The highest BCUT2D eigenvalue weighted by molar-refractivity contribution is 7.11. The summed E-state index contributed by atoms with van der Waals surface area (Å²) in [6, 6.07) is 5.75. The van der Waals surface area contributed by atoms with Crippen LogP contribution in [0.15, 0.2) is 18.2 Å². The summed E-state index contributed by atoms with van der Waals surface area (Å²) in [5.41, 5.74) is 8.74. The number of nitrogens with zero attached hydrogens (tertiary/aromatic N) is 6. The molecule has 138 valence electrons. The molecule has 0 fully saturated rings. The van der Waals surface area contributed by atoms with Crippen LogP contribution in [-0.2, 0) is 19.5 Å². The molecule has 8 nitrogen and oxygen atoms in total. The van der Waals surface area contributed by atoms with Gasteiger partial charge in [-0.2, -0.15) is 4.52 Å². The molecule has 1 aliphatic heterocycles. The normalized spacial score (nSPS) is 14.3. The Hall–Kier alpha value is -2.78. The van der Waals surface area contributed by atoms with Crippen LogP contribution in [0.2, 0.25) is 0 Å². The largest absolute Gasteiger partial charge is 0.494 e. The van der Waals surface area contributed by atoms with Crippen molar-refractivity contribution in [1.29, 1.82) is 0 Å². The first kappa shape index (κ1) is 16.4. The Morgan fingerprint density at radius 2 is 2.11 bits per heavy atom. The molecule has 0 saturated carbocycles. The van der Waals surface area contributed by atoms with E-state index in [0.29, 0.717) is 22.9 Å². The standard InChI is InChI=1S/C18H19N7OS/c1-10-20-12-8-24(9-14(12)27-10)7-6-15-21-17-11-4-3-5-13(26-2)16(11)22-18(19)25(17)23-15/h3-5H,6-9H2,1-2H3,(H2,19,22). The number of nitrogen functional groups attached to an aromatic ring is 1. The Morgan fingerprint density at radius 1 is 1.22 bits per heavy atom. The van der Waals surface area contributed by atoms with Gasteiger partial charge in [0.05, 0.1) is 17.8 Å². The maximum atomic E-state index is 6.11. The Labute approximate surface area is 159 Å². The molecule has 27 heavy (non-hydrogen) atoms. The number of methoxy groups -OCH3 is 1. The first-order valence-electron chi connectivity index (χ1n) is 8.78. The summed E-state index contributed by atoms with van der Waals surface area (Å²) in [6.45, 7) is 4.80. The number of anilines is 1. The van der Waals surface area contributed by atoms with Crippen molar-refractivity contribution in [2.24, 2.45) is 0 Å². The second-order valence-corrected chi connectivity index (χ2v) is 7.94. The van der Waals surface area contributed by atoms with Gasteiger partial charge in [0.2, 0.25) is 5.95 Å². The van der Waals surface area contributed by atoms with Crippen LogP contribution < -0.4 is 10.5 Å². The van der Waals surface area contributed by atoms with Crippen LogP contribution in [0.25, 0.3) is 16.6 Å². The van der Waals surface area contributed by atoms with Crippen molar-refractivity contribution in [2.45, 2.75) is 26.4 Å². The number of hydrogen-bond acceptors (Lipinski definition) is 8. The molecule has 0 atom stereocenters. The molecule has 3 aromatic heterocycles. The Morgan fingerprint density at radius 3 is 2.93 bits per heavy atom. The SMILES string of the molecule is COc1cccc2c1nc(N)n1nc(CCN3Cc4nc(C)sc4C3)nc21. The van der Waals surface area contributed by atoms with Crippen molar-refractivity contribution in [3.63, 3.8) is 0 Å². The average molecular weight is 381 g/mol. The summed E-state index contributed by atoms with van der Waals surface area (Å²) in [5.74, 6) is 1.75. The summed E-state index contributed by atoms with van der Waals surface area (Å²) >= 11 is 1.79. The van der Waals surface area contributed by atoms with E-state index in [2.05, 4.69) is 26.9 Å². The zero-order valence-corrected chi connectivity index (χ0v) is 16.0. The first-order chi connectivity index (χ1) is 13.1. The predicted molar refractivity (Wildman–Crippen MR) is 104 cm³/mol. The lowest BCUT2D eigenvalue weighted by Gasteiger charge is -2.12. The number of thiazole rings is 1. The van der Waals surface area contributed by atoms with E-state index in [0.717, 1.165) is 42.3 Å².